The molecule has 0 aromatic carbocycles. The number of carbonyl (C=O) groups is 2. The molecule has 1 aliphatic carbocycles. The van der Waals surface area contributed by atoms with Gasteiger partial charge in [-0.1, -0.05) is 27.2 Å². The second-order valence-corrected chi connectivity index (χ2v) is 7.74. The first-order valence-electron chi connectivity index (χ1n) is 8.01. The Bertz CT molecular complexity index is 411. The Morgan fingerprint density at radius 3 is 2.59 bits per heavy atom. The topological polar surface area (TPSA) is 61.8 Å². The van der Waals surface area contributed by atoms with E-state index >= 15 is 0 Å². The fraction of sp³-hybridized carbons (Fsp3) is 0.875. The van der Waals surface area contributed by atoms with Crippen LogP contribution in [-0.4, -0.2) is 35.5 Å². The van der Waals surface area contributed by atoms with E-state index in [1.165, 1.54) is 25.1 Å². The van der Waals surface area contributed by atoms with E-state index in [9.17, 15) is 9.59 Å². The number of esters is 2. The van der Waals surface area contributed by atoms with Gasteiger partial charge in [-0.15, -0.1) is 11.8 Å². The number of thioether (sulfide) groups is 1. The highest BCUT2D eigenvalue weighted by Crippen LogP contribution is 2.36. The molecule has 0 N–H and O–H groups in total. The van der Waals surface area contributed by atoms with Crippen molar-refractivity contribution in [3.05, 3.63) is 0 Å². The summed E-state index contributed by atoms with van der Waals surface area (Å²) >= 11 is 1.33. The van der Waals surface area contributed by atoms with Gasteiger partial charge in [-0.3, -0.25) is 4.79 Å². The van der Waals surface area contributed by atoms with Gasteiger partial charge in [0.25, 0.3) is 0 Å². The summed E-state index contributed by atoms with van der Waals surface area (Å²) in [6.07, 6.45) is 2.53. The van der Waals surface area contributed by atoms with Crippen LogP contribution in [0.15, 0.2) is 0 Å². The molecule has 0 amide bonds. The van der Waals surface area contributed by atoms with Crippen molar-refractivity contribution in [1.82, 2.24) is 0 Å². The van der Waals surface area contributed by atoms with Gasteiger partial charge in [-0.25, -0.2) is 4.79 Å². The molecule has 1 aliphatic heterocycles. The van der Waals surface area contributed by atoms with Crippen LogP contribution < -0.4 is 0 Å². The minimum Gasteiger partial charge on any atom is -0.459 e. The maximum atomic E-state index is 12.3. The Morgan fingerprint density at radius 2 is 1.95 bits per heavy atom. The molecular weight excluding hydrogens is 304 g/mol. The van der Waals surface area contributed by atoms with Crippen LogP contribution in [-0.2, 0) is 23.8 Å². The van der Waals surface area contributed by atoms with Crippen LogP contribution in [0.2, 0.25) is 0 Å². The first-order valence-corrected chi connectivity index (χ1v) is 9.06. The van der Waals surface area contributed by atoms with Crippen LogP contribution in [0, 0.1) is 17.8 Å². The predicted octanol–water partition coefficient (Wildman–Crippen LogP) is 2.97. The van der Waals surface area contributed by atoms with Crippen molar-refractivity contribution >= 4 is 23.7 Å². The van der Waals surface area contributed by atoms with E-state index in [4.69, 9.17) is 14.2 Å². The van der Waals surface area contributed by atoms with E-state index in [0.29, 0.717) is 23.5 Å². The minimum absolute atomic E-state index is 0.0341. The Hall–Kier alpha value is -0.750. The van der Waals surface area contributed by atoms with Crippen molar-refractivity contribution in [2.24, 2.45) is 17.8 Å². The standard InChI is InChI=1S/C16H26O5S/c1-9(2)12-6-5-10(3)7-13(12)20-15(18)16-21-14(8-22-16)19-11(4)17/h9-10,12-14,16H,5-8H2,1-4H3/t10-,12-,13-,14-,16+/m1/s1. The van der Waals surface area contributed by atoms with Gasteiger partial charge in [0.1, 0.15) is 6.10 Å². The van der Waals surface area contributed by atoms with E-state index < -0.39 is 17.7 Å². The van der Waals surface area contributed by atoms with Crippen LogP contribution >= 0.6 is 11.8 Å². The molecule has 2 fully saturated rings. The Balaban J connectivity index is 1.88. The van der Waals surface area contributed by atoms with Gasteiger partial charge in [-0.2, -0.15) is 0 Å². The number of hydrogen-bond donors (Lipinski definition) is 0. The Kier molecular flexibility index (Phi) is 6.15. The van der Waals surface area contributed by atoms with Gasteiger partial charge in [0.05, 0.1) is 5.75 Å². The zero-order valence-corrected chi connectivity index (χ0v) is 14.6. The van der Waals surface area contributed by atoms with Gasteiger partial charge in [0.2, 0.25) is 11.7 Å². The summed E-state index contributed by atoms with van der Waals surface area (Å²) < 4.78 is 16.2. The lowest BCUT2D eigenvalue weighted by Crippen LogP contribution is -2.38. The highest BCUT2D eigenvalue weighted by Gasteiger charge is 2.39. The second-order valence-electron chi connectivity index (χ2n) is 6.64. The third-order valence-electron chi connectivity index (χ3n) is 4.38. The number of carbonyl (C=O) groups excluding carboxylic acids is 2. The molecule has 2 rings (SSSR count). The third kappa shape index (κ3) is 4.62. The van der Waals surface area contributed by atoms with E-state index in [0.717, 1.165) is 12.8 Å². The summed E-state index contributed by atoms with van der Waals surface area (Å²) in [4.78, 5) is 23.2. The highest BCUT2D eigenvalue weighted by atomic mass is 32.2. The van der Waals surface area contributed by atoms with Crippen molar-refractivity contribution in [2.75, 3.05) is 5.75 Å². The van der Waals surface area contributed by atoms with Crippen LogP contribution in [0.5, 0.6) is 0 Å². The SMILES string of the molecule is CC(=O)O[C@H]1CS[C@@H](C(=O)O[C@@H]2C[C@H](C)CC[C@@H]2C(C)C)O1. The van der Waals surface area contributed by atoms with Gasteiger partial charge >= 0.3 is 11.9 Å². The summed E-state index contributed by atoms with van der Waals surface area (Å²) in [5.41, 5.74) is -0.686. The molecule has 126 valence electrons. The number of rotatable bonds is 4. The van der Waals surface area contributed by atoms with Crippen molar-refractivity contribution in [3.63, 3.8) is 0 Å². The average Bonchev–Trinajstić information content (AvgIpc) is 2.86. The van der Waals surface area contributed by atoms with Crippen molar-refractivity contribution in [3.8, 4) is 0 Å². The van der Waals surface area contributed by atoms with Gasteiger partial charge in [-0.05, 0) is 30.6 Å². The van der Waals surface area contributed by atoms with E-state index in [-0.39, 0.29) is 12.1 Å². The number of ether oxygens (including phenoxy) is 3. The highest BCUT2D eigenvalue weighted by molar-refractivity contribution is 8.00. The fourth-order valence-electron chi connectivity index (χ4n) is 3.21. The second kappa shape index (κ2) is 7.68. The van der Waals surface area contributed by atoms with E-state index in [1.807, 2.05) is 0 Å². The summed E-state index contributed by atoms with van der Waals surface area (Å²) in [6.45, 7) is 7.89. The molecule has 0 unspecified atom stereocenters. The average molecular weight is 330 g/mol. The van der Waals surface area contributed by atoms with Crippen LogP contribution in [0.25, 0.3) is 0 Å². The van der Waals surface area contributed by atoms with Gasteiger partial charge < -0.3 is 14.2 Å². The summed E-state index contributed by atoms with van der Waals surface area (Å²) in [5.74, 6) is 1.21. The monoisotopic (exact) mass is 330 g/mol. The molecule has 0 aromatic heterocycles. The smallest absolute Gasteiger partial charge is 0.346 e. The molecule has 2 aliphatic rings. The molecular formula is C16H26O5S. The number of hydrogen-bond acceptors (Lipinski definition) is 6. The van der Waals surface area contributed by atoms with Crippen LogP contribution in [0.3, 0.4) is 0 Å². The Labute approximate surface area is 136 Å². The lowest BCUT2D eigenvalue weighted by molar-refractivity contribution is -0.185. The van der Waals surface area contributed by atoms with Crippen molar-refractivity contribution < 1.29 is 23.8 Å². The Morgan fingerprint density at radius 1 is 1.23 bits per heavy atom. The molecule has 1 saturated carbocycles. The van der Waals surface area contributed by atoms with Gasteiger partial charge in [0, 0.05) is 6.92 Å². The summed E-state index contributed by atoms with van der Waals surface area (Å²) in [7, 11) is 0. The normalized spacial score (nSPS) is 35.4. The van der Waals surface area contributed by atoms with Crippen molar-refractivity contribution in [2.45, 2.75) is 64.8 Å². The quantitative estimate of drug-likeness (QED) is 0.739. The first kappa shape index (κ1) is 17.6. The minimum atomic E-state index is -0.686. The maximum absolute atomic E-state index is 12.3. The van der Waals surface area contributed by atoms with Crippen LogP contribution in [0.4, 0.5) is 0 Å². The third-order valence-corrected chi connectivity index (χ3v) is 5.45. The summed E-state index contributed by atoms with van der Waals surface area (Å²) in [5, 5.41) is 0. The zero-order valence-electron chi connectivity index (χ0n) is 13.7. The largest absolute Gasteiger partial charge is 0.459 e. The van der Waals surface area contributed by atoms with Crippen molar-refractivity contribution in [1.29, 1.82) is 0 Å². The molecule has 1 heterocycles. The lowest BCUT2D eigenvalue weighted by atomic mass is 9.75. The van der Waals surface area contributed by atoms with Gasteiger partial charge in [0.15, 0.2) is 0 Å². The maximum Gasteiger partial charge on any atom is 0.346 e. The molecule has 6 heteroatoms. The molecule has 5 atom stereocenters. The van der Waals surface area contributed by atoms with E-state index in [2.05, 4.69) is 20.8 Å². The molecule has 0 spiro atoms. The summed E-state index contributed by atoms with van der Waals surface area (Å²) in [6, 6.07) is 0. The zero-order chi connectivity index (χ0) is 16.3. The predicted molar refractivity (Wildman–Crippen MR) is 84.1 cm³/mol. The molecule has 5 nitrogen and oxygen atoms in total. The van der Waals surface area contributed by atoms with Crippen LogP contribution in [0.1, 0.15) is 47.0 Å². The first-order chi connectivity index (χ1) is 10.4. The lowest BCUT2D eigenvalue weighted by Gasteiger charge is -2.37. The van der Waals surface area contributed by atoms with E-state index in [1.54, 1.807) is 0 Å². The fourth-order valence-corrected chi connectivity index (χ4v) is 4.08. The molecule has 0 radical (unpaired) electrons. The molecule has 0 aromatic rings. The molecule has 22 heavy (non-hydrogen) atoms. The molecule has 0 bridgehead atoms. The molecule has 1 saturated heterocycles.